The monoisotopic (exact) mass is 247 g/mol. The number of aromatic hydroxyl groups is 1. The first-order valence-electron chi connectivity index (χ1n) is 5.44. The van der Waals surface area contributed by atoms with Crippen LogP contribution in [0.5, 0.6) is 5.75 Å². The van der Waals surface area contributed by atoms with Crippen LogP contribution < -0.4 is 5.32 Å². The largest absolute Gasteiger partial charge is 0.508 e. The lowest BCUT2D eigenvalue weighted by Gasteiger charge is -2.02. The molecule has 3 N–H and O–H groups in total. The average molecular weight is 247 g/mol. The zero-order chi connectivity index (χ0) is 13.0. The highest BCUT2D eigenvalue weighted by Gasteiger charge is 2.07. The summed E-state index contributed by atoms with van der Waals surface area (Å²) in [5.41, 5.74) is 1.18. The second kappa shape index (κ2) is 5.37. The van der Waals surface area contributed by atoms with Gasteiger partial charge in [-0.25, -0.2) is 4.79 Å². The van der Waals surface area contributed by atoms with E-state index in [1.54, 1.807) is 12.1 Å². The predicted octanol–water partition coefficient (Wildman–Crippen LogP) is 1.97. The zero-order valence-electron chi connectivity index (χ0n) is 9.59. The van der Waals surface area contributed by atoms with Gasteiger partial charge in [-0.2, -0.15) is 0 Å². The molecule has 1 aromatic carbocycles. The van der Waals surface area contributed by atoms with Gasteiger partial charge in [0.15, 0.2) is 0 Å². The predicted molar refractivity (Wildman–Crippen MR) is 64.3 cm³/mol. The van der Waals surface area contributed by atoms with Crippen molar-refractivity contribution in [2.45, 2.75) is 13.1 Å². The molecule has 18 heavy (non-hydrogen) atoms. The third-order valence-electron chi connectivity index (χ3n) is 2.47. The summed E-state index contributed by atoms with van der Waals surface area (Å²) in [5, 5.41) is 21.0. The van der Waals surface area contributed by atoms with Gasteiger partial charge in [0, 0.05) is 6.54 Å². The molecular weight excluding hydrogens is 234 g/mol. The zero-order valence-corrected chi connectivity index (χ0v) is 9.59. The van der Waals surface area contributed by atoms with Crippen LogP contribution >= 0.6 is 0 Å². The Morgan fingerprint density at radius 2 is 1.94 bits per heavy atom. The minimum atomic E-state index is -0.997. The van der Waals surface area contributed by atoms with Crippen LogP contribution in [0.4, 0.5) is 0 Å². The number of hydrogen-bond acceptors (Lipinski definition) is 4. The molecule has 0 fully saturated rings. The van der Waals surface area contributed by atoms with Gasteiger partial charge in [-0.15, -0.1) is 0 Å². The van der Waals surface area contributed by atoms with Gasteiger partial charge in [0.05, 0.1) is 12.1 Å². The Labute approximate surface area is 104 Å². The van der Waals surface area contributed by atoms with Crippen molar-refractivity contribution in [2.75, 3.05) is 0 Å². The summed E-state index contributed by atoms with van der Waals surface area (Å²) < 4.78 is 5.10. The number of nitrogens with one attached hydrogen (secondary N) is 1. The van der Waals surface area contributed by atoms with E-state index in [4.69, 9.17) is 14.6 Å². The summed E-state index contributed by atoms with van der Waals surface area (Å²) in [6, 6.07) is 8.35. The number of hydrogen-bond donors (Lipinski definition) is 3. The Bertz CT molecular complexity index is 530. The number of benzene rings is 1. The van der Waals surface area contributed by atoms with Crippen molar-refractivity contribution in [2.24, 2.45) is 0 Å². The van der Waals surface area contributed by atoms with Crippen molar-refractivity contribution in [1.82, 2.24) is 5.32 Å². The van der Waals surface area contributed by atoms with E-state index in [2.05, 4.69) is 5.32 Å². The van der Waals surface area contributed by atoms with E-state index in [0.717, 1.165) is 5.56 Å². The second-order valence-electron chi connectivity index (χ2n) is 3.88. The Balaban J connectivity index is 1.84. The Morgan fingerprint density at radius 1 is 1.22 bits per heavy atom. The number of phenolic OH excluding ortho intramolecular Hbond substituents is 1. The Kier molecular flexibility index (Phi) is 3.64. The first-order valence-corrected chi connectivity index (χ1v) is 5.44. The summed E-state index contributed by atoms with van der Waals surface area (Å²) in [5.74, 6) is -0.189. The number of carboxylic acids is 1. The number of phenols is 1. The van der Waals surface area contributed by atoms with Crippen molar-refractivity contribution < 1.29 is 19.4 Å². The maximum absolute atomic E-state index is 10.6. The molecule has 0 radical (unpaired) electrons. The van der Waals surface area contributed by atoms with Crippen molar-refractivity contribution in [3.05, 3.63) is 53.5 Å². The van der Waals surface area contributed by atoms with Gasteiger partial charge in [-0.3, -0.25) is 0 Å². The van der Waals surface area contributed by atoms with Gasteiger partial charge >= 0.3 is 5.97 Å². The molecule has 5 heteroatoms. The lowest BCUT2D eigenvalue weighted by atomic mass is 10.2. The third kappa shape index (κ3) is 3.11. The highest BCUT2D eigenvalue weighted by Crippen LogP contribution is 2.10. The number of furan rings is 1. The lowest BCUT2D eigenvalue weighted by molar-refractivity contribution is 0.0696. The number of carboxylic acid groups (broad SMARTS) is 1. The Hall–Kier alpha value is -2.27. The number of rotatable bonds is 5. The van der Waals surface area contributed by atoms with Crippen molar-refractivity contribution in [1.29, 1.82) is 0 Å². The quantitative estimate of drug-likeness (QED) is 0.752. The van der Waals surface area contributed by atoms with E-state index in [1.807, 2.05) is 12.1 Å². The SMILES string of the molecule is O=C(O)c1coc(CNCc2ccc(O)cc2)c1. The molecule has 0 unspecified atom stereocenters. The summed E-state index contributed by atoms with van der Waals surface area (Å²) in [6.07, 6.45) is 1.22. The second-order valence-corrected chi connectivity index (χ2v) is 3.88. The summed E-state index contributed by atoms with van der Waals surface area (Å²) >= 11 is 0. The number of carbonyl (C=O) groups is 1. The van der Waals surface area contributed by atoms with E-state index in [0.29, 0.717) is 18.8 Å². The van der Waals surface area contributed by atoms with E-state index >= 15 is 0 Å². The first-order chi connectivity index (χ1) is 8.65. The maximum Gasteiger partial charge on any atom is 0.338 e. The molecule has 2 aromatic rings. The van der Waals surface area contributed by atoms with Crippen LogP contribution in [-0.4, -0.2) is 16.2 Å². The van der Waals surface area contributed by atoms with Crippen LogP contribution in [0.25, 0.3) is 0 Å². The van der Waals surface area contributed by atoms with Crippen molar-refractivity contribution in [3.63, 3.8) is 0 Å². The topological polar surface area (TPSA) is 82.7 Å². The van der Waals surface area contributed by atoms with Gasteiger partial charge < -0.3 is 19.9 Å². The summed E-state index contributed by atoms with van der Waals surface area (Å²) in [6.45, 7) is 1.07. The summed E-state index contributed by atoms with van der Waals surface area (Å²) in [7, 11) is 0. The molecule has 0 saturated heterocycles. The van der Waals surface area contributed by atoms with E-state index in [9.17, 15) is 4.79 Å². The molecule has 94 valence electrons. The van der Waals surface area contributed by atoms with E-state index < -0.39 is 5.97 Å². The van der Waals surface area contributed by atoms with Crippen LogP contribution in [0, 0.1) is 0 Å². The molecule has 1 aromatic heterocycles. The molecule has 1 heterocycles. The van der Waals surface area contributed by atoms with Crippen molar-refractivity contribution >= 4 is 5.97 Å². The van der Waals surface area contributed by atoms with E-state index in [-0.39, 0.29) is 11.3 Å². The summed E-state index contributed by atoms with van der Waals surface area (Å²) in [4.78, 5) is 10.6. The van der Waals surface area contributed by atoms with Crippen molar-refractivity contribution in [3.8, 4) is 5.75 Å². The maximum atomic E-state index is 10.6. The molecule has 0 aliphatic heterocycles. The molecule has 0 amide bonds. The highest BCUT2D eigenvalue weighted by molar-refractivity contribution is 5.87. The van der Waals surface area contributed by atoms with E-state index in [1.165, 1.54) is 12.3 Å². The molecular formula is C13H13NO4. The minimum absolute atomic E-state index is 0.149. The molecule has 0 aliphatic carbocycles. The van der Waals surface area contributed by atoms with Crippen LogP contribution in [0.1, 0.15) is 21.7 Å². The third-order valence-corrected chi connectivity index (χ3v) is 2.47. The minimum Gasteiger partial charge on any atom is -0.508 e. The van der Waals surface area contributed by atoms with Crippen LogP contribution in [-0.2, 0) is 13.1 Å². The fourth-order valence-corrected chi connectivity index (χ4v) is 1.53. The highest BCUT2D eigenvalue weighted by atomic mass is 16.4. The van der Waals surface area contributed by atoms with Crippen LogP contribution in [0.2, 0.25) is 0 Å². The standard InChI is InChI=1S/C13H13NO4/c15-11-3-1-9(2-4-11)6-14-7-12-5-10(8-18-12)13(16)17/h1-5,8,14-15H,6-7H2,(H,16,17). The molecule has 2 rings (SSSR count). The molecule has 0 atom stereocenters. The van der Waals surface area contributed by atoms with Gasteiger partial charge in [0.2, 0.25) is 0 Å². The molecule has 0 bridgehead atoms. The van der Waals surface area contributed by atoms with Gasteiger partial charge in [0.1, 0.15) is 17.8 Å². The smallest absolute Gasteiger partial charge is 0.338 e. The average Bonchev–Trinajstić information content (AvgIpc) is 2.81. The molecule has 0 saturated carbocycles. The molecule has 5 nitrogen and oxygen atoms in total. The van der Waals surface area contributed by atoms with Gasteiger partial charge in [-0.1, -0.05) is 12.1 Å². The molecule has 0 aliphatic rings. The fraction of sp³-hybridized carbons (Fsp3) is 0.154. The number of aromatic carboxylic acids is 1. The van der Waals surface area contributed by atoms with Crippen LogP contribution in [0.15, 0.2) is 41.0 Å². The normalized spacial score (nSPS) is 10.4. The lowest BCUT2D eigenvalue weighted by Crippen LogP contribution is -2.11. The molecule has 0 spiro atoms. The first kappa shape index (κ1) is 12.2. The van der Waals surface area contributed by atoms with Gasteiger partial charge in [-0.05, 0) is 23.8 Å². The van der Waals surface area contributed by atoms with Crippen LogP contribution in [0.3, 0.4) is 0 Å². The van der Waals surface area contributed by atoms with Gasteiger partial charge in [0.25, 0.3) is 0 Å². The fourth-order valence-electron chi connectivity index (χ4n) is 1.53. The Morgan fingerprint density at radius 3 is 2.56 bits per heavy atom.